The van der Waals surface area contributed by atoms with Crippen molar-refractivity contribution in [2.45, 2.75) is 25.8 Å². The summed E-state index contributed by atoms with van der Waals surface area (Å²) in [7, 11) is 0. The topological polar surface area (TPSA) is 71.5 Å². The molecule has 1 aromatic heterocycles. The molecule has 112 valence electrons. The van der Waals surface area contributed by atoms with Gasteiger partial charge in [0, 0.05) is 23.7 Å². The number of likely N-dealkylation sites (tertiary alicyclic amines) is 1. The Bertz CT molecular complexity index is 650. The number of hydrogen-bond donors (Lipinski definition) is 2. The maximum Gasteiger partial charge on any atom is 0.287 e. The van der Waals surface area contributed by atoms with E-state index in [1.54, 1.807) is 18.2 Å². The molecule has 1 aliphatic heterocycles. The highest BCUT2D eigenvalue weighted by atomic mass is 16.3. The molecule has 3 rings (SSSR count). The zero-order chi connectivity index (χ0) is 14.8. The first-order valence-corrected chi connectivity index (χ1v) is 7.48. The van der Waals surface area contributed by atoms with Gasteiger partial charge in [0.05, 0.1) is 0 Å². The number of nitrogens with one attached hydrogen (secondary N) is 1. The van der Waals surface area contributed by atoms with Crippen LogP contribution in [0.5, 0.6) is 0 Å². The Kier molecular flexibility index (Phi) is 3.84. The van der Waals surface area contributed by atoms with Crippen LogP contribution < -0.4 is 11.1 Å². The number of anilines is 1. The molecular weight excluding hydrogens is 266 g/mol. The van der Waals surface area contributed by atoms with Gasteiger partial charge in [-0.3, -0.25) is 4.79 Å². The first kappa shape index (κ1) is 13.9. The van der Waals surface area contributed by atoms with Crippen molar-refractivity contribution in [3.05, 3.63) is 30.0 Å². The minimum absolute atomic E-state index is 0.146. The molecule has 1 unspecified atom stereocenters. The zero-order valence-electron chi connectivity index (χ0n) is 12.3. The Labute approximate surface area is 124 Å². The zero-order valence-corrected chi connectivity index (χ0v) is 12.3. The smallest absolute Gasteiger partial charge is 0.287 e. The fourth-order valence-electron chi connectivity index (χ4n) is 2.89. The van der Waals surface area contributed by atoms with E-state index >= 15 is 0 Å². The molecule has 0 spiro atoms. The molecule has 0 bridgehead atoms. The molecule has 1 atom stereocenters. The van der Waals surface area contributed by atoms with Gasteiger partial charge in [-0.2, -0.15) is 0 Å². The Hall–Kier alpha value is -2.01. The first-order chi connectivity index (χ1) is 10.2. The Morgan fingerprint density at radius 1 is 1.48 bits per heavy atom. The van der Waals surface area contributed by atoms with E-state index in [1.807, 2.05) is 6.07 Å². The minimum atomic E-state index is -0.146. The maximum atomic E-state index is 12.3. The molecule has 1 aliphatic rings. The molecule has 21 heavy (non-hydrogen) atoms. The number of nitrogen functional groups attached to an aromatic ring is 1. The van der Waals surface area contributed by atoms with Gasteiger partial charge in [-0.1, -0.05) is 6.92 Å². The van der Waals surface area contributed by atoms with Crippen molar-refractivity contribution in [3.8, 4) is 0 Å². The number of carbonyl (C=O) groups is 1. The number of carbonyl (C=O) groups excluding carboxylic acids is 1. The number of hydrogen-bond acceptors (Lipinski definition) is 4. The van der Waals surface area contributed by atoms with Gasteiger partial charge >= 0.3 is 0 Å². The van der Waals surface area contributed by atoms with Gasteiger partial charge in [-0.15, -0.1) is 0 Å². The summed E-state index contributed by atoms with van der Waals surface area (Å²) >= 11 is 0. The van der Waals surface area contributed by atoms with Crippen molar-refractivity contribution in [1.29, 1.82) is 0 Å². The molecule has 5 nitrogen and oxygen atoms in total. The molecule has 1 aromatic carbocycles. The summed E-state index contributed by atoms with van der Waals surface area (Å²) in [6.45, 7) is 5.20. The van der Waals surface area contributed by atoms with Crippen LogP contribution in [0.2, 0.25) is 0 Å². The lowest BCUT2D eigenvalue weighted by Crippen LogP contribution is -2.47. The van der Waals surface area contributed by atoms with E-state index in [4.69, 9.17) is 10.2 Å². The molecule has 0 aliphatic carbocycles. The van der Waals surface area contributed by atoms with E-state index in [1.165, 1.54) is 0 Å². The average molecular weight is 287 g/mol. The third-order valence-corrected chi connectivity index (χ3v) is 4.05. The highest BCUT2D eigenvalue weighted by Crippen LogP contribution is 2.22. The van der Waals surface area contributed by atoms with E-state index in [-0.39, 0.29) is 11.9 Å². The summed E-state index contributed by atoms with van der Waals surface area (Å²) in [6, 6.07) is 7.33. The van der Waals surface area contributed by atoms with Gasteiger partial charge in [-0.25, -0.2) is 0 Å². The molecule has 0 radical (unpaired) electrons. The monoisotopic (exact) mass is 287 g/mol. The van der Waals surface area contributed by atoms with Gasteiger partial charge in [0.1, 0.15) is 5.58 Å². The lowest BCUT2D eigenvalue weighted by atomic mass is 10.1. The fourth-order valence-corrected chi connectivity index (χ4v) is 2.89. The summed E-state index contributed by atoms with van der Waals surface area (Å²) < 4.78 is 5.60. The molecule has 2 aromatic rings. The number of rotatable bonds is 3. The predicted molar refractivity (Wildman–Crippen MR) is 83.2 cm³/mol. The standard InChI is InChI=1S/C16H21N3O2/c1-2-19-7-3-4-13(10-19)18-16(20)15-9-11-8-12(17)5-6-14(11)21-15/h5-6,8-9,13H,2-4,7,10,17H2,1H3,(H,18,20). The van der Waals surface area contributed by atoms with Crippen molar-refractivity contribution < 1.29 is 9.21 Å². The summed E-state index contributed by atoms with van der Waals surface area (Å²) in [4.78, 5) is 14.7. The van der Waals surface area contributed by atoms with Crippen LogP contribution in [-0.2, 0) is 0 Å². The second-order valence-corrected chi connectivity index (χ2v) is 5.61. The van der Waals surface area contributed by atoms with Gasteiger partial charge in [-0.05, 0) is 50.2 Å². The number of amides is 1. The molecular formula is C16H21N3O2. The first-order valence-electron chi connectivity index (χ1n) is 7.48. The van der Waals surface area contributed by atoms with Crippen molar-refractivity contribution >= 4 is 22.6 Å². The maximum absolute atomic E-state index is 12.3. The Balaban J connectivity index is 1.71. The summed E-state index contributed by atoms with van der Waals surface area (Å²) in [6.07, 6.45) is 2.14. The Morgan fingerprint density at radius 3 is 3.14 bits per heavy atom. The van der Waals surface area contributed by atoms with E-state index in [9.17, 15) is 4.79 Å². The van der Waals surface area contributed by atoms with E-state index in [0.717, 1.165) is 37.9 Å². The minimum Gasteiger partial charge on any atom is -0.451 e. The van der Waals surface area contributed by atoms with E-state index in [0.29, 0.717) is 17.0 Å². The molecule has 0 saturated carbocycles. The lowest BCUT2D eigenvalue weighted by molar-refractivity contribution is 0.0880. The van der Waals surface area contributed by atoms with E-state index in [2.05, 4.69) is 17.1 Å². The second-order valence-electron chi connectivity index (χ2n) is 5.61. The number of likely N-dealkylation sites (N-methyl/N-ethyl adjacent to an activating group) is 1. The van der Waals surface area contributed by atoms with Crippen LogP contribution in [0, 0.1) is 0 Å². The SMILES string of the molecule is CCN1CCCC(NC(=O)c2cc3cc(N)ccc3o2)C1. The van der Waals surface area contributed by atoms with Crippen molar-refractivity contribution in [1.82, 2.24) is 10.2 Å². The van der Waals surface area contributed by atoms with Crippen LogP contribution in [0.4, 0.5) is 5.69 Å². The number of fused-ring (bicyclic) bond motifs is 1. The quantitative estimate of drug-likeness (QED) is 0.849. The van der Waals surface area contributed by atoms with Gasteiger partial charge < -0.3 is 20.4 Å². The van der Waals surface area contributed by atoms with Crippen LogP contribution in [0.15, 0.2) is 28.7 Å². The summed E-state index contributed by atoms with van der Waals surface area (Å²) in [5.74, 6) is 0.206. The van der Waals surface area contributed by atoms with Crippen LogP contribution in [0.1, 0.15) is 30.3 Å². The van der Waals surface area contributed by atoms with Crippen molar-refractivity contribution in [3.63, 3.8) is 0 Å². The molecule has 5 heteroatoms. The van der Waals surface area contributed by atoms with Crippen LogP contribution in [0.25, 0.3) is 11.0 Å². The number of piperidine rings is 1. The molecule has 1 fully saturated rings. The molecule has 1 saturated heterocycles. The number of nitrogens with two attached hydrogens (primary N) is 1. The summed E-state index contributed by atoms with van der Waals surface area (Å²) in [5, 5.41) is 3.93. The second kappa shape index (κ2) is 5.77. The largest absolute Gasteiger partial charge is 0.451 e. The predicted octanol–water partition coefficient (Wildman–Crippen LogP) is 2.23. The lowest BCUT2D eigenvalue weighted by Gasteiger charge is -2.31. The van der Waals surface area contributed by atoms with Gasteiger partial charge in [0.15, 0.2) is 5.76 Å². The highest BCUT2D eigenvalue weighted by molar-refractivity contribution is 5.96. The fraction of sp³-hybridized carbons (Fsp3) is 0.438. The van der Waals surface area contributed by atoms with Crippen LogP contribution in [-0.4, -0.2) is 36.5 Å². The molecule has 2 heterocycles. The number of benzene rings is 1. The number of furan rings is 1. The van der Waals surface area contributed by atoms with Crippen molar-refractivity contribution in [2.24, 2.45) is 0 Å². The van der Waals surface area contributed by atoms with Gasteiger partial charge in [0.25, 0.3) is 5.91 Å². The third-order valence-electron chi connectivity index (χ3n) is 4.05. The Morgan fingerprint density at radius 2 is 2.33 bits per heavy atom. The normalized spacial score (nSPS) is 19.8. The van der Waals surface area contributed by atoms with Gasteiger partial charge in [0.2, 0.25) is 0 Å². The molecule has 3 N–H and O–H groups in total. The third kappa shape index (κ3) is 3.03. The summed E-state index contributed by atoms with van der Waals surface area (Å²) in [5.41, 5.74) is 7.10. The van der Waals surface area contributed by atoms with E-state index < -0.39 is 0 Å². The van der Waals surface area contributed by atoms with Crippen molar-refractivity contribution in [2.75, 3.05) is 25.4 Å². The van der Waals surface area contributed by atoms with Crippen LogP contribution >= 0.6 is 0 Å². The highest BCUT2D eigenvalue weighted by Gasteiger charge is 2.22. The average Bonchev–Trinajstić information content (AvgIpc) is 2.90. The van der Waals surface area contributed by atoms with Crippen LogP contribution in [0.3, 0.4) is 0 Å². The number of nitrogens with zero attached hydrogens (tertiary/aromatic N) is 1. The molecule has 1 amide bonds.